The van der Waals surface area contributed by atoms with Gasteiger partial charge >= 0.3 is 0 Å². The quantitative estimate of drug-likeness (QED) is 0.814. The molecule has 7 heteroatoms. The number of amides is 1. The van der Waals surface area contributed by atoms with Gasteiger partial charge in [-0.15, -0.1) is 0 Å². The van der Waals surface area contributed by atoms with Gasteiger partial charge in [0.05, 0.1) is 0 Å². The van der Waals surface area contributed by atoms with E-state index < -0.39 is 9.05 Å². The normalized spacial score (nSPS) is 17.0. The maximum Gasteiger partial charge on any atom is 0.268 e. The highest BCUT2D eigenvalue weighted by atomic mass is 35.7. The largest absolute Gasteiger partial charge is 0.348 e. The van der Waals surface area contributed by atoms with Crippen molar-refractivity contribution < 1.29 is 13.2 Å². The van der Waals surface area contributed by atoms with Crippen molar-refractivity contribution in [3.05, 3.63) is 18.0 Å². The van der Waals surface area contributed by atoms with Crippen molar-refractivity contribution in [2.24, 2.45) is 5.92 Å². The lowest BCUT2D eigenvalue weighted by Crippen LogP contribution is -2.34. The zero-order valence-corrected chi connectivity index (χ0v) is 14.0. The van der Waals surface area contributed by atoms with E-state index in [2.05, 4.69) is 19.2 Å². The highest BCUT2D eigenvalue weighted by Gasteiger charge is 2.30. The van der Waals surface area contributed by atoms with Gasteiger partial charge in [-0.25, -0.2) is 8.42 Å². The van der Waals surface area contributed by atoms with E-state index in [1.54, 1.807) is 4.57 Å². The Labute approximate surface area is 130 Å². The maximum absolute atomic E-state index is 12.4. The summed E-state index contributed by atoms with van der Waals surface area (Å²) in [5, 5.41) is 2.92. The van der Waals surface area contributed by atoms with Crippen LogP contribution >= 0.6 is 10.7 Å². The van der Waals surface area contributed by atoms with Gasteiger partial charge in [-0.1, -0.05) is 13.8 Å². The van der Waals surface area contributed by atoms with E-state index in [0.717, 1.165) is 19.3 Å². The molecule has 1 aliphatic rings. The van der Waals surface area contributed by atoms with Crippen LogP contribution in [0.25, 0.3) is 0 Å². The van der Waals surface area contributed by atoms with E-state index in [0.29, 0.717) is 11.6 Å². The van der Waals surface area contributed by atoms with Gasteiger partial charge in [0.15, 0.2) is 0 Å². The van der Waals surface area contributed by atoms with Crippen molar-refractivity contribution in [2.75, 3.05) is 0 Å². The average Bonchev–Trinajstić information content (AvgIpc) is 3.04. The van der Waals surface area contributed by atoms with Gasteiger partial charge in [-0.05, 0) is 38.2 Å². The minimum absolute atomic E-state index is 0.0160. The zero-order chi connectivity index (χ0) is 15.8. The van der Waals surface area contributed by atoms with Crippen molar-refractivity contribution in [1.29, 1.82) is 0 Å². The third-order valence-corrected chi connectivity index (χ3v) is 4.80. The molecule has 21 heavy (non-hydrogen) atoms. The van der Waals surface area contributed by atoms with Gasteiger partial charge in [0, 0.05) is 29.0 Å². The molecule has 0 aromatic carbocycles. The van der Waals surface area contributed by atoms with E-state index in [9.17, 15) is 13.2 Å². The molecule has 1 heterocycles. The molecule has 0 bridgehead atoms. The van der Waals surface area contributed by atoms with Crippen LogP contribution in [0.1, 0.15) is 56.6 Å². The number of carbonyl (C=O) groups excluding carboxylic acids is 1. The number of aromatic nitrogens is 1. The molecule has 0 aliphatic heterocycles. The Kier molecular flexibility index (Phi) is 4.68. The van der Waals surface area contributed by atoms with Gasteiger partial charge in [-0.3, -0.25) is 4.79 Å². The van der Waals surface area contributed by atoms with E-state index in [1.165, 1.54) is 12.3 Å². The van der Waals surface area contributed by atoms with Gasteiger partial charge in [0.2, 0.25) is 0 Å². The van der Waals surface area contributed by atoms with Crippen molar-refractivity contribution in [1.82, 2.24) is 9.88 Å². The van der Waals surface area contributed by atoms with Crippen molar-refractivity contribution in [2.45, 2.75) is 57.0 Å². The fourth-order valence-corrected chi connectivity index (χ4v) is 3.23. The predicted molar refractivity (Wildman–Crippen MR) is 82.1 cm³/mol. The van der Waals surface area contributed by atoms with Crippen molar-refractivity contribution in [3.8, 4) is 0 Å². The van der Waals surface area contributed by atoms with Crippen LogP contribution in [0.5, 0.6) is 0 Å². The summed E-state index contributed by atoms with van der Waals surface area (Å²) in [6.07, 6.45) is 4.25. The number of carbonyl (C=O) groups is 1. The molecule has 1 saturated carbocycles. The summed E-state index contributed by atoms with van der Waals surface area (Å²) in [5.74, 6) is 0.232. The number of halogens is 1. The SMILES string of the molecule is CC(C)CC(C)NC(=O)c1cc(S(=O)(=O)Cl)cn1C1CC1. The standard InChI is InChI=1S/C14H21ClN2O3S/c1-9(2)6-10(3)16-14(18)13-7-12(21(15,19)20)8-17(13)11-4-5-11/h7-11H,4-6H2,1-3H3,(H,16,18). The molecule has 1 aromatic heterocycles. The summed E-state index contributed by atoms with van der Waals surface area (Å²) >= 11 is 0. The Bertz CT molecular complexity index is 633. The Morgan fingerprint density at radius 1 is 1.43 bits per heavy atom. The molecule has 1 fully saturated rings. The first-order valence-electron chi connectivity index (χ1n) is 7.16. The number of hydrogen-bond acceptors (Lipinski definition) is 3. The topological polar surface area (TPSA) is 68.2 Å². The molecule has 0 radical (unpaired) electrons. The highest BCUT2D eigenvalue weighted by Crippen LogP contribution is 2.37. The van der Waals surface area contributed by atoms with Crippen LogP contribution in [0.15, 0.2) is 17.2 Å². The van der Waals surface area contributed by atoms with Crippen LogP contribution < -0.4 is 5.32 Å². The molecule has 1 atom stereocenters. The molecule has 1 aliphatic carbocycles. The second-order valence-electron chi connectivity index (χ2n) is 6.14. The molecule has 118 valence electrons. The monoisotopic (exact) mass is 332 g/mol. The first kappa shape index (κ1) is 16.4. The molecule has 1 amide bonds. The number of hydrogen-bond donors (Lipinski definition) is 1. The van der Waals surface area contributed by atoms with E-state index in [1.807, 2.05) is 6.92 Å². The highest BCUT2D eigenvalue weighted by molar-refractivity contribution is 8.13. The molecule has 1 aromatic rings. The van der Waals surface area contributed by atoms with Crippen LogP contribution in [-0.4, -0.2) is 24.9 Å². The van der Waals surface area contributed by atoms with Gasteiger partial charge < -0.3 is 9.88 Å². The van der Waals surface area contributed by atoms with E-state index in [-0.39, 0.29) is 22.9 Å². The second-order valence-corrected chi connectivity index (χ2v) is 8.71. The summed E-state index contributed by atoms with van der Waals surface area (Å²) in [7, 11) is 1.56. The maximum atomic E-state index is 12.4. The molecule has 5 nitrogen and oxygen atoms in total. The summed E-state index contributed by atoms with van der Waals surface area (Å²) in [5.41, 5.74) is 0.368. The number of rotatable bonds is 6. The van der Waals surface area contributed by atoms with Crippen LogP contribution in [0.4, 0.5) is 0 Å². The van der Waals surface area contributed by atoms with Crippen LogP contribution in [0.2, 0.25) is 0 Å². The molecular formula is C14H21ClN2O3S. The molecule has 2 rings (SSSR count). The lowest BCUT2D eigenvalue weighted by atomic mass is 10.1. The molecule has 0 spiro atoms. The molecular weight excluding hydrogens is 312 g/mol. The van der Waals surface area contributed by atoms with Crippen LogP contribution in [-0.2, 0) is 9.05 Å². The molecule has 1 N–H and O–H groups in total. The summed E-state index contributed by atoms with van der Waals surface area (Å²) in [6.45, 7) is 6.13. The fraction of sp³-hybridized carbons (Fsp3) is 0.643. The number of nitrogens with one attached hydrogen (secondary N) is 1. The first-order chi connectivity index (χ1) is 9.68. The smallest absolute Gasteiger partial charge is 0.268 e. The van der Waals surface area contributed by atoms with Crippen molar-refractivity contribution >= 4 is 25.6 Å². The minimum Gasteiger partial charge on any atom is -0.348 e. The Morgan fingerprint density at radius 2 is 2.05 bits per heavy atom. The Hall–Kier alpha value is -1.01. The molecule has 0 saturated heterocycles. The average molecular weight is 333 g/mol. The van der Waals surface area contributed by atoms with Gasteiger partial charge in [0.25, 0.3) is 15.0 Å². The van der Waals surface area contributed by atoms with Crippen molar-refractivity contribution in [3.63, 3.8) is 0 Å². The van der Waals surface area contributed by atoms with E-state index >= 15 is 0 Å². The Balaban J connectivity index is 2.21. The predicted octanol–water partition coefficient (Wildman–Crippen LogP) is 2.91. The molecule has 1 unspecified atom stereocenters. The van der Waals surface area contributed by atoms with Gasteiger partial charge in [-0.2, -0.15) is 0 Å². The summed E-state index contributed by atoms with van der Waals surface area (Å²) in [6, 6.07) is 1.60. The van der Waals surface area contributed by atoms with Gasteiger partial charge in [0.1, 0.15) is 10.6 Å². The second kappa shape index (κ2) is 6.01. The zero-order valence-electron chi connectivity index (χ0n) is 12.5. The first-order valence-corrected chi connectivity index (χ1v) is 9.46. The van der Waals surface area contributed by atoms with E-state index in [4.69, 9.17) is 10.7 Å². The Morgan fingerprint density at radius 3 is 2.52 bits per heavy atom. The lowest BCUT2D eigenvalue weighted by Gasteiger charge is -2.16. The summed E-state index contributed by atoms with van der Waals surface area (Å²) in [4.78, 5) is 12.3. The fourth-order valence-electron chi connectivity index (χ4n) is 2.49. The van der Waals surface area contributed by atoms with Crippen LogP contribution in [0, 0.1) is 5.92 Å². The third kappa shape index (κ3) is 4.23. The minimum atomic E-state index is -3.82. The third-order valence-electron chi connectivity index (χ3n) is 3.48. The van der Waals surface area contributed by atoms with Crippen LogP contribution in [0.3, 0.4) is 0 Å². The lowest BCUT2D eigenvalue weighted by molar-refractivity contribution is 0.0926. The number of nitrogens with zero attached hydrogens (tertiary/aromatic N) is 1. The summed E-state index contributed by atoms with van der Waals surface area (Å²) < 4.78 is 24.6.